The lowest BCUT2D eigenvalue weighted by Gasteiger charge is -2.39. The molecule has 2 aliphatic rings. The van der Waals surface area contributed by atoms with E-state index in [1.807, 2.05) is 36.9 Å². The van der Waals surface area contributed by atoms with Gasteiger partial charge in [0.05, 0.1) is 37.2 Å². The van der Waals surface area contributed by atoms with E-state index in [9.17, 15) is 28.2 Å². The van der Waals surface area contributed by atoms with E-state index in [1.165, 1.54) is 0 Å². The number of aromatic amines is 1. The molecule has 0 spiro atoms. The Balaban J connectivity index is 0.791. The number of piperazine rings is 1. The number of alkyl halides is 3. The Bertz CT molecular complexity index is 2720. The number of hydrogen-bond donors (Lipinski definition) is 6. The third-order valence-corrected chi connectivity index (χ3v) is 12.0. The number of carbonyl (C=O) groups is 1. The van der Waals surface area contributed by atoms with Crippen LogP contribution in [0, 0.1) is 0 Å². The third-order valence-electron chi connectivity index (χ3n) is 12.0. The van der Waals surface area contributed by atoms with Crippen LogP contribution in [0.3, 0.4) is 0 Å². The molecule has 7 aromatic rings. The lowest BCUT2D eigenvalue weighted by molar-refractivity contribution is -0.141. The molecule has 6 N–H and O–H groups in total. The summed E-state index contributed by atoms with van der Waals surface area (Å²) in [5.74, 6) is 0.590. The first-order valence-corrected chi connectivity index (χ1v) is 21.2. The fourth-order valence-corrected chi connectivity index (χ4v) is 8.45. The first-order chi connectivity index (χ1) is 31.1. The van der Waals surface area contributed by atoms with E-state index in [-0.39, 0.29) is 24.9 Å². The van der Waals surface area contributed by atoms with E-state index in [0.717, 1.165) is 67.0 Å². The number of aliphatic hydroxyl groups is 2. The zero-order chi connectivity index (χ0) is 44.2. The molecule has 14 nitrogen and oxygen atoms in total. The molecular formula is C47H47F3N10O4. The highest BCUT2D eigenvalue weighted by atomic mass is 19.4. The van der Waals surface area contributed by atoms with Crippen LogP contribution in [0.5, 0.6) is 5.75 Å². The monoisotopic (exact) mass is 872 g/mol. The molecule has 2 fully saturated rings. The maximum atomic E-state index is 13.2. The molecule has 4 aromatic heterocycles. The Hall–Kier alpha value is -6.66. The number of urea groups is 1. The van der Waals surface area contributed by atoms with Crippen LogP contribution in [0.1, 0.15) is 16.8 Å². The Morgan fingerprint density at radius 2 is 1.61 bits per heavy atom. The maximum Gasteiger partial charge on any atom is 0.434 e. The summed E-state index contributed by atoms with van der Waals surface area (Å²) in [4.78, 5) is 36.4. The number of H-pyrrole nitrogens is 1. The summed E-state index contributed by atoms with van der Waals surface area (Å²) in [6.45, 7) is 3.51. The molecule has 2 saturated heterocycles. The first-order valence-electron chi connectivity index (χ1n) is 21.2. The molecule has 3 aromatic carbocycles. The number of amides is 2. The highest BCUT2D eigenvalue weighted by molar-refractivity contribution is 5.97. The average molecular weight is 873 g/mol. The van der Waals surface area contributed by atoms with Gasteiger partial charge in [-0.3, -0.25) is 19.9 Å². The molecule has 64 heavy (non-hydrogen) atoms. The molecule has 9 rings (SSSR count). The van der Waals surface area contributed by atoms with Gasteiger partial charge in [-0.15, -0.1) is 0 Å². The normalized spacial score (nSPS) is 19.5. The van der Waals surface area contributed by atoms with Crippen molar-refractivity contribution in [3.05, 3.63) is 133 Å². The van der Waals surface area contributed by atoms with E-state index >= 15 is 0 Å². The highest BCUT2D eigenvalue weighted by Gasteiger charge is 2.39. The van der Waals surface area contributed by atoms with Gasteiger partial charge in [-0.05, 0) is 45.8 Å². The minimum Gasteiger partial charge on any atom is -0.493 e. The van der Waals surface area contributed by atoms with Crippen molar-refractivity contribution in [1.82, 2.24) is 45.4 Å². The number of rotatable bonds is 12. The number of halogens is 3. The molecule has 2 amide bonds. The quantitative estimate of drug-likeness (QED) is 0.0866. The van der Waals surface area contributed by atoms with Crippen molar-refractivity contribution in [2.75, 3.05) is 51.2 Å². The van der Waals surface area contributed by atoms with Gasteiger partial charge >= 0.3 is 12.2 Å². The zero-order valence-electron chi connectivity index (χ0n) is 34.7. The van der Waals surface area contributed by atoms with Crippen molar-refractivity contribution in [2.45, 2.75) is 43.4 Å². The fraction of sp³-hybridized carbons (Fsp3) is 0.298. The van der Waals surface area contributed by atoms with Gasteiger partial charge in [0.1, 0.15) is 17.7 Å². The second-order valence-corrected chi connectivity index (χ2v) is 16.1. The number of anilines is 1. The number of pyridine rings is 2. The Labute approximate surface area is 366 Å². The summed E-state index contributed by atoms with van der Waals surface area (Å²) in [7, 11) is 0. The van der Waals surface area contributed by atoms with Crippen LogP contribution < -0.4 is 20.7 Å². The molecule has 0 aliphatic carbocycles. The largest absolute Gasteiger partial charge is 0.493 e. The van der Waals surface area contributed by atoms with Gasteiger partial charge in [-0.2, -0.15) is 13.2 Å². The second-order valence-electron chi connectivity index (χ2n) is 16.1. The van der Waals surface area contributed by atoms with Gasteiger partial charge < -0.3 is 40.8 Å². The third kappa shape index (κ3) is 9.47. The van der Waals surface area contributed by atoms with Crippen molar-refractivity contribution >= 4 is 33.5 Å². The van der Waals surface area contributed by atoms with Crippen LogP contribution in [0.25, 0.3) is 43.9 Å². The molecule has 6 heterocycles. The standard InChI is InChI=1S/C47H47F3N10O4/c48-47(49,50)42-26-53-27-43(58-42)57-40-25-55-39(44(61)45(40)62)24-56-46(63)60-17-15-59(16-18-60)28-30-6-9-34(36-23-54-38-11-14-52-22-37(36)38)41(20-30)64-19-12-29-4-7-32(8-5-29)33-3-1-2-31-10-13-51-21-35(31)33/h1-11,13-14,20-23,26-27,39-40,44-45,54-55,61-62H,12,15-19,24-25,28H2,(H,56,63)(H,57,58)/t39-,40+,44+,45-/m1/s1. The smallest absolute Gasteiger partial charge is 0.434 e. The summed E-state index contributed by atoms with van der Waals surface area (Å²) in [6, 6.07) is 23.3. The number of benzene rings is 3. The number of ether oxygens (including phenoxy) is 1. The second kappa shape index (κ2) is 18.6. The number of aliphatic hydroxyl groups excluding tert-OH is 2. The van der Waals surface area contributed by atoms with E-state index in [2.05, 4.69) is 106 Å². The minimum absolute atomic E-state index is 0.0311. The predicted octanol–water partition coefficient (Wildman–Crippen LogP) is 5.88. The Kier molecular flexibility index (Phi) is 12.4. The molecule has 0 unspecified atom stereocenters. The van der Waals surface area contributed by atoms with Crippen molar-refractivity contribution in [3.63, 3.8) is 0 Å². The zero-order valence-corrected chi connectivity index (χ0v) is 34.7. The summed E-state index contributed by atoms with van der Waals surface area (Å²) in [6.07, 6.45) is 4.42. The van der Waals surface area contributed by atoms with Crippen molar-refractivity contribution in [1.29, 1.82) is 0 Å². The summed E-state index contributed by atoms with van der Waals surface area (Å²) in [5, 5.41) is 33.5. The molecule has 0 saturated carbocycles. The summed E-state index contributed by atoms with van der Waals surface area (Å²) in [5.41, 5.74) is 6.30. The number of nitrogens with zero attached hydrogens (tertiary/aromatic N) is 6. The van der Waals surface area contributed by atoms with Gasteiger partial charge in [0, 0.05) is 111 Å². The molecule has 4 atom stereocenters. The van der Waals surface area contributed by atoms with Gasteiger partial charge in [0.15, 0.2) is 5.69 Å². The summed E-state index contributed by atoms with van der Waals surface area (Å²) < 4.78 is 45.9. The fourth-order valence-electron chi connectivity index (χ4n) is 8.45. The predicted molar refractivity (Wildman–Crippen MR) is 236 cm³/mol. The number of nitrogens with one attached hydrogen (secondary N) is 4. The SMILES string of the molecule is O=C(NC[C@H]1NC[C@H](Nc2cncc(C(F)(F)F)n2)[C@@H](O)[C@H]1O)N1CCN(Cc2ccc(-c3c[nH]c4ccncc34)c(OCCc3ccc(-c4cccc5ccncc45)cc3)c2)CC1. The van der Waals surface area contributed by atoms with Gasteiger partial charge in [-0.1, -0.05) is 54.6 Å². The van der Waals surface area contributed by atoms with Gasteiger partial charge in [-0.25, -0.2) is 9.78 Å². The lowest BCUT2D eigenvalue weighted by atomic mass is 9.94. The van der Waals surface area contributed by atoms with Crippen LogP contribution in [0.2, 0.25) is 0 Å². The van der Waals surface area contributed by atoms with Crippen LogP contribution in [0.4, 0.5) is 23.8 Å². The number of hydrogen-bond acceptors (Lipinski definition) is 11. The highest BCUT2D eigenvalue weighted by Crippen LogP contribution is 2.36. The summed E-state index contributed by atoms with van der Waals surface area (Å²) >= 11 is 0. The Morgan fingerprint density at radius 3 is 2.42 bits per heavy atom. The van der Waals surface area contributed by atoms with Crippen LogP contribution in [-0.4, -0.2) is 121 Å². The van der Waals surface area contributed by atoms with Crippen LogP contribution >= 0.6 is 0 Å². The first kappa shape index (κ1) is 42.6. The maximum absolute atomic E-state index is 13.2. The van der Waals surface area contributed by atoms with Crippen molar-refractivity contribution < 1.29 is 32.9 Å². The van der Waals surface area contributed by atoms with E-state index in [0.29, 0.717) is 51.9 Å². The minimum atomic E-state index is -4.68. The molecule has 17 heteroatoms. The number of aromatic nitrogens is 5. The van der Waals surface area contributed by atoms with E-state index in [4.69, 9.17) is 4.74 Å². The molecule has 2 aliphatic heterocycles. The molecule has 0 bridgehead atoms. The molecular weight excluding hydrogens is 826 g/mol. The number of carbonyl (C=O) groups excluding carboxylic acids is 1. The van der Waals surface area contributed by atoms with Crippen molar-refractivity contribution in [3.8, 4) is 28.0 Å². The van der Waals surface area contributed by atoms with Gasteiger partial charge in [0.2, 0.25) is 0 Å². The average Bonchev–Trinajstić information content (AvgIpc) is 3.74. The van der Waals surface area contributed by atoms with E-state index in [1.54, 1.807) is 11.1 Å². The Morgan fingerprint density at radius 1 is 0.828 bits per heavy atom. The van der Waals surface area contributed by atoms with Crippen LogP contribution in [-0.2, 0) is 19.1 Å². The number of fused-ring (bicyclic) bond motifs is 2. The number of piperidine rings is 1. The van der Waals surface area contributed by atoms with E-state index < -0.39 is 36.2 Å². The topological polar surface area (TPSA) is 177 Å². The van der Waals surface area contributed by atoms with Crippen molar-refractivity contribution in [2.24, 2.45) is 0 Å². The van der Waals surface area contributed by atoms with Gasteiger partial charge in [0.25, 0.3) is 0 Å². The van der Waals surface area contributed by atoms with Crippen LogP contribution in [0.15, 0.2) is 116 Å². The molecule has 330 valence electrons. The molecule has 0 radical (unpaired) electrons. The lowest BCUT2D eigenvalue weighted by Crippen LogP contribution is -2.65.